The summed E-state index contributed by atoms with van der Waals surface area (Å²) < 4.78 is 0. The highest BCUT2D eigenvalue weighted by molar-refractivity contribution is 5.91. The van der Waals surface area contributed by atoms with E-state index in [0.717, 1.165) is 37.7 Å². The molecular formula is C31H49N5O5. The first kappa shape index (κ1) is 32.4. The molecule has 228 valence electrons. The first-order valence-electron chi connectivity index (χ1n) is 14.7. The van der Waals surface area contributed by atoms with E-state index < -0.39 is 47.0 Å². The predicted octanol–water partition coefficient (Wildman–Crippen LogP) is 2.58. The number of nitrogens with two attached hydrogens (primary N) is 1. The van der Waals surface area contributed by atoms with Crippen LogP contribution < -0.4 is 21.7 Å². The summed E-state index contributed by atoms with van der Waals surface area (Å²) in [5.41, 5.74) is 5.03. The summed E-state index contributed by atoms with van der Waals surface area (Å²) >= 11 is 0. The van der Waals surface area contributed by atoms with Crippen LogP contribution in [0, 0.1) is 11.3 Å². The molecule has 2 unspecified atom stereocenters. The lowest BCUT2D eigenvalue weighted by molar-refractivity contribution is -0.141. The van der Waals surface area contributed by atoms with Gasteiger partial charge in [-0.2, -0.15) is 0 Å². The summed E-state index contributed by atoms with van der Waals surface area (Å²) in [6.45, 7) is 11.2. The van der Waals surface area contributed by atoms with Crippen molar-refractivity contribution in [2.45, 2.75) is 109 Å². The van der Waals surface area contributed by atoms with Gasteiger partial charge in [0, 0.05) is 17.5 Å². The lowest BCUT2D eigenvalue weighted by atomic mass is 9.80. The zero-order valence-corrected chi connectivity index (χ0v) is 25.5. The number of aliphatic hydroxyl groups is 1. The number of carbonyl (C=O) groups is 4. The number of primary amides is 1. The van der Waals surface area contributed by atoms with E-state index in [1.807, 2.05) is 71.9 Å². The van der Waals surface area contributed by atoms with Crippen LogP contribution >= 0.6 is 0 Å². The normalized spacial score (nSPS) is 18.7. The van der Waals surface area contributed by atoms with Crippen LogP contribution in [0.2, 0.25) is 0 Å². The minimum absolute atomic E-state index is 0.283. The van der Waals surface area contributed by atoms with Gasteiger partial charge in [-0.05, 0) is 56.9 Å². The molecule has 2 aliphatic carbocycles. The third-order valence-electron chi connectivity index (χ3n) is 8.09. The van der Waals surface area contributed by atoms with Crippen LogP contribution in [-0.2, 0) is 19.8 Å². The standard InChI is InChI=1S/C31H49N5O5/c1-29(2,3)25(34-28(41)35-30(4,5)6)27(40)36(19-31(15-16-31)21-13-8-7-9-14-21)18-23(37)33-22(24(38)26(32)39)17-20-11-10-12-20/h7-9,13-14,20,22,24-25,38H,10-12,15-19H2,1-6H3,(H2,32,39)(H,33,37)(H2,34,35,41)/t22?,24?,25-/m1/s1. The Morgan fingerprint density at radius 1 is 1.02 bits per heavy atom. The van der Waals surface area contributed by atoms with Crippen LogP contribution in [0.4, 0.5) is 4.79 Å². The molecule has 6 N–H and O–H groups in total. The number of carbonyl (C=O) groups excluding carboxylic acids is 4. The molecule has 3 rings (SSSR count). The second-order valence-electron chi connectivity index (χ2n) is 14.0. The molecule has 3 atom stereocenters. The highest BCUT2D eigenvalue weighted by Gasteiger charge is 2.48. The molecule has 5 amide bonds. The molecule has 1 aromatic rings. The lowest BCUT2D eigenvalue weighted by Gasteiger charge is -2.37. The number of urea groups is 1. The minimum Gasteiger partial charge on any atom is -0.381 e. The molecule has 0 aromatic heterocycles. The monoisotopic (exact) mass is 571 g/mol. The Hall–Kier alpha value is -3.14. The first-order valence-corrected chi connectivity index (χ1v) is 14.7. The van der Waals surface area contributed by atoms with Crippen molar-refractivity contribution in [3.05, 3.63) is 35.9 Å². The van der Waals surface area contributed by atoms with Crippen molar-refractivity contribution >= 4 is 23.8 Å². The predicted molar refractivity (Wildman–Crippen MR) is 158 cm³/mol. The van der Waals surface area contributed by atoms with Gasteiger partial charge in [0.05, 0.1) is 12.6 Å². The summed E-state index contributed by atoms with van der Waals surface area (Å²) in [5.74, 6) is -1.45. The Morgan fingerprint density at radius 3 is 2.10 bits per heavy atom. The van der Waals surface area contributed by atoms with Crippen LogP contribution in [-0.4, -0.2) is 70.6 Å². The van der Waals surface area contributed by atoms with Gasteiger partial charge in [0.15, 0.2) is 6.10 Å². The molecule has 1 aromatic carbocycles. The summed E-state index contributed by atoms with van der Waals surface area (Å²) in [7, 11) is 0. The molecule has 0 heterocycles. The second-order valence-corrected chi connectivity index (χ2v) is 14.0. The Kier molecular flexibility index (Phi) is 10.1. The van der Waals surface area contributed by atoms with Gasteiger partial charge in [0.25, 0.3) is 0 Å². The minimum atomic E-state index is -1.52. The van der Waals surface area contributed by atoms with Crippen molar-refractivity contribution in [2.75, 3.05) is 13.1 Å². The Morgan fingerprint density at radius 2 is 1.63 bits per heavy atom. The van der Waals surface area contributed by atoms with Crippen molar-refractivity contribution < 1.29 is 24.3 Å². The fourth-order valence-electron chi connectivity index (χ4n) is 5.38. The van der Waals surface area contributed by atoms with Crippen LogP contribution in [0.3, 0.4) is 0 Å². The fourth-order valence-corrected chi connectivity index (χ4v) is 5.38. The Labute approximate surface area is 244 Å². The van der Waals surface area contributed by atoms with Gasteiger partial charge in [0.1, 0.15) is 6.04 Å². The highest BCUT2D eigenvalue weighted by atomic mass is 16.3. The lowest BCUT2D eigenvalue weighted by Crippen LogP contribution is -2.60. The molecule has 10 heteroatoms. The van der Waals surface area contributed by atoms with Gasteiger partial charge in [-0.3, -0.25) is 14.4 Å². The number of amides is 5. The molecule has 0 aliphatic heterocycles. The summed E-state index contributed by atoms with van der Waals surface area (Å²) in [4.78, 5) is 53.8. The highest BCUT2D eigenvalue weighted by Crippen LogP contribution is 2.48. The molecule has 10 nitrogen and oxygen atoms in total. The Bertz CT molecular complexity index is 1090. The van der Waals surface area contributed by atoms with Crippen LogP contribution in [0.25, 0.3) is 0 Å². The van der Waals surface area contributed by atoms with Gasteiger partial charge in [-0.25, -0.2) is 4.79 Å². The van der Waals surface area contributed by atoms with Gasteiger partial charge in [-0.1, -0.05) is 70.4 Å². The number of benzene rings is 1. The average molecular weight is 572 g/mol. The molecule has 0 saturated heterocycles. The van der Waals surface area contributed by atoms with E-state index in [0.29, 0.717) is 18.9 Å². The maximum absolute atomic E-state index is 14.2. The number of nitrogens with one attached hydrogen (secondary N) is 3. The molecule has 0 radical (unpaired) electrons. The number of hydrogen-bond acceptors (Lipinski definition) is 5. The van der Waals surface area contributed by atoms with Crippen molar-refractivity contribution in [2.24, 2.45) is 17.1 Å². The van der Waals surface area contributed by atoms with E-state index in [1.54, 1.807) is 0 Å². The summed E-state index contributed by atoms with van der Waals surface area (Å²) in [5, 5.41) is 19.0. The summed E-state index contributed by atoms with van der Waals surface area (Å²) in [6.07, 6.45) is 3.67. The first-order chi connectivity index (χ1) is 19.0. The van der Waals surface area contributed by atoms with E-state index in [2.05, 4.69) is 16.0 Å². The van der Waals surface area contributed by atoms with Crippen LogP contribution in [0.5, 0.6) is 0 Å². The van der Waals surface area contributed by atoms with Crippen LogP contribution in [0.15, 0.2) is 30.3 Å². The number of hydrogen-bond donors (Lipinski definition) is 5. The molecule has 0 bridgehead atoms. The molecule has 41 heavy (non-hydrogen) atoms. The van der Waals surface area contributed by atoms with Gasteiger partial charge >= 0.3 is 6.03 Å². The third kappa shape index (κ3) is 9.18. The van der Waals surface area contributed by atoms with E-state index in [9.17, 15) is 24.3 Å². The van der Waals surface area contributed by atoms with Gasteiger partial charge < -0.3 is 31.7 Å². The zero-order chi connectivity index (χ0) is 30.6. The van der Waals surface area contributed by atoms with Gasteiger partial charge in [-0.15, -0.1) is 0 Å². The van der Waals surface area contributed by atoms with Crippen molar-refractivity contribution in [1.82, 2.24) is 20.9 Å². The molecule has 0 spiro atoms. The topological polar surface area (TPSA) is 154 Å². The quantitative estimate of drug-likeness (QED) is 0.261. The zero-order valence-electron chi connectivity index (χ0n) is 25.5. The maximum atomic E-state index is 14.2. The van der Waals surface area contributed by atoms with Crippen molar-refractivity contribution in [3.63, 3.8) is 0 Å². The maximum Gasteiger partial charge on any atom is 0.315 e. The van der Waals surface area contributed by atoms with E-state index in [4.69, 9.17) is 5.73 Å². The average Bonchev–Trinajstić information content (AvgIpc) is 3.62. The smallest absolute Gasteiger partial charge is 0.315 e. The third-order valence-corrected chi connectivity index (χ3v) is 8.09. The molecule has 2 fully saturated rings. The molecule has 2 aliphatic rings. The van der Waals surface area contributed by atoms with Crippen molar-refractivity contribution in [3.8, 4) is 0 Å². The molecular weight excluding hydrogens is 522 g/mol. The number of nitrogens with zero attached hydrogens (tertiary/aromatic N) is 1. The van der Waals surface area contributed by atoms with Crippen molar-refractivity contribution in [1.29, 1.82) is 0 Å². The second kappa shape index (κ2) is 12.8. The number of rotatable bonds is 12. The SMILES string of the molecule is CC(C)(C)NC(=O)N[C@H](C(=O)N(CC(=O)NC(CC1CCC1)C(O)C(N)=O)CC1(c2ccccc2)CC1)C(C)(C)C. The van der Waals surface area contributed by atoms with E-state index in [1.165, 1.54) is 4.90 Å². The van der Waals surface area contributed by atoms with E-state index in [-0.39, 0.29) is 17.9 Å². The molecule has 2 saturated carbocycles. The fraction of sp³-hybridized carbons (Fsp3) is 0.677. The van der Waals surface area contributed by atoms with E-state index >= 15 is 0 Å². The van der Waals surface area contributed by atoms with Crippen LogP contribution in [0.1, 0.15) is 85.6 Å². The summed E-state index contributed by atoms with van der Waals surface area (Å²) in [6, 6.07) is 7.71. The number of aliphatic hydroxyl groups excluding tert-OH is 1. The van der Waals surface area contributed by atoms with Gasteiger partial charge in [0.2, 0.25) is 17.7 Å². The Balaban J connectivity index is 1.86. The largest absolute Gasteiger partial charge is 0.381 e.